The van der Waals surface area contributed by atoms with Crippen LogP contribution in [0.3, 0.4) is 0 Å². The van der Waals surface area contributed by atoms with E-state index in [2.05, 4.69) is 15.8 Å². The number of amides is 2. The molecule has 7 nitrogen and oxygen atoms in total. The number of benzene rings is 2. The lowest BCUT2D eigenvalue weighted by molar-refractivity contribution is -0.115. The summed E-state index contributed by atoms with van der Waals surface area (Å²) in [6, 6.07) is 10.6. The van der Waals surface area contributed by atoms with Crippen LogP contribution in [0.1, 0.15) is 34.8 Å². The molecule has 0 fully saturated rings. The molecule has 0 saturated heterocycles. The summed E-state index contributed by atoms with van der Waals surface area (Å²) in [5.41, 5.74) is 6.18. The Labute approximate surface area is 164 Å². The summed E-state index contributed by atoms with van der Waals surface area (Å²) >= 11 is 0. The summed E-state index contributed by atoms with van der Waals surface area (Å²) in [7, 11) is 3.02. The predicted molar refractivity (Wildman–Crippen MR) is 109 cm³/mol. The molecule has 28 heavy (non-hydrogen) atoms. The highest BCUT2D eigenvalue weighted by molar-refractivity contribution is 6.06. The Morgan fingerprint density at radius 2 is 1.61 bits per heavy atom. The van der Waals surface area contributed by atoms with Gasteiger partial charge < -0.3 is 14.8 Å². The second-order valence-electron chi connectivity index (χ2n) is 6.46. The van der Waals surface area contributed by atoms with E-state index in [0.29, 0.717) is 22.8 Å². The normalized spacial score (nSPS) is 11.0. The summed E-state index contributed by atoms with van der Waals surface area (Å²) in [5, 5.41) is 6.84. The van der Waals surface area contributed by atoms with Crippen molar-refractivity contribution in [2.24, 2.45) is 5.10 Å². The molecule has 148 valence electrons. The Hall–Kier alpha value is -3.35. The summed E-state index contributed by atoms with van der Waals surface area (Å²) in [4.78, 5) is 24.4. The molecule has 0 aliphatic rings. The largest absolute Gasteiger partial charge is 0.493 e. The van der Waals surface area contributed by atoms with Crippen molar-refractivity contribution in [1.29, 1.82) is 0 Å². The van der Waals surface area contributed by atoms with Gasteiger partial charge in [-0.1, -0.05) is 6.07 Å². The van der Waals surface area contributed by atoms with Gasteiger partial charge in [-0.05, 0) is 62.2 Å². The van der Waals surface area contributed by atoms with E-state index in [4.69, 9.17) is 9.47 Å². The Bertz CT molecular complexity index is 886. The molecule has 0 saturated carbocycles. The van der Waals surface area contributed by atoms with E-state index in [0.717, 1.165) is 16.8 Å². The Morgan fingerprint density at radius 1 is 0.964 bits per heavy atom. The van der Waals surface area contributed by atoms with Crippen molar-refractivity contribution in [3.05, 3.63) is 53.1 Å². The first-order chi connectivity index (χ1) is 13.3. The minimum absolute atomic E-state index is 0.0687. The zero-order chi connectivity index (χ0) is 20.7. The Balaban J connectivity index is 1.96. The van der Waals surface area contributed by atoms with E-state index in [9.17, 15) is 9.59 Å². The van der Waals surface area contributed by atoms with Gasteiger partial charge in [-0.15, -0.1) is 0 Å². The van der Waals surface area contributed by atoms with Gasteiger partial charge in [0.25, 0.3) is 5.91 Å². The molecular weight excluding hydrogens is 358 g/mol. The fourth-order valence-electron chi connectivity index (χ4n) is 2.71. The number of carbonyl (C=O) groups excluding carboxylic acids is 2. The van der Waals surface area contributed by atoms with Crippen LogP contribution in [0, 0.1) is 13.8 Å². The van der Waals surface area contributed by atoms with Crippen molar-refractivity contribution >= 4 is 23.2 Å². The fraction of sp³-hybridized carbons (Fsp3) is 0.286. The van der Waals surface area contributed by atoms with E-state index in [1.807, 2.05) is 32.0 Å². The molecule has 0 atom stereocenters. The number of anilines is 1. The van der Waals surface area contributed by atoms with Crippen molar-refractivity contribution in [3.63, 3.8) is 0 Å². The number of nitrogens with zero attached hydrogens (tertiary/aromatic N) is 1. The molecule has 0 radical (unpaired) electrons. The summed E-state index contributed by atoms with van der Waals surface area (Å²) in [6.45, 7) is 5.62. The van der Waals surface area contributed by atoms with E-state index in [1.165, 1.54) is 14.2 Å². The van der Waals surface area contributed by atoms with Crippen LogP contribution >= 0.6 is 0 Å². The van der Waals surface area contributed by atoms with Crippen LogP contribution in [0.2, 0.25) is 0 Å². The number of ether oxygens (including phenoxy) is 2. The van der Waals surface area contributed by atoms with Gasteiger partial charge in [-0.3, -0.25) is 9.59 Å². The lowest BCUT2D eigenvalue weighted by Crippen LogP contribution is -2.21. The molecule has 0 bridgehead atoms. The number of hydrogen-bond acceptors (Lipinski definition) is 5. The van der Waals surface area contributed by atoms with E-state index < -0.39 is 5.91 Å². The van der Waals surface area contributed by atoms with Crippen molar-refractivity contribution in [1.82, 2.24) is 5.43 Å². The first kappa shape index (κ1) is 21.0. The van der Waals surface area contributed by atoms with Crippen LogP contribution in [-0.2, 0) is 4.79 Å². The molecule has 2 aromatic rings. The number of methoxy groups -OCH3 is 2. The lowest BCUT2D eigenvalue weighted by Gasteiger charge is -2.09. The molecule has 0 spiro atoms. The molecule has 0 aliphatic carbocycles. The van der Waals surface area contributed by atoms with Crippen LogP contribution in [0.25, 0.3) is 0 Å². The number of hydrazone groups is 1. The zero-order valence-electron chi connectivity index (χ0n) is 16.8. The molecule has 2 rings (SSSR count). The SMILES string of the molecule is COc1ccc(C(=O)N/N=C(/C)CC(=O)Nc2cc(C)cc(C)c2)cc1OC. The van der Waals surface area contributed by atoms with E-state index in [1.54, 1.807) is 25.1 Å². The molecule has 2 N–H and O–H groups in total. The number of nitrogens with one attached hydrogen (secondary N) is 2. The summed E-state index contributed by atoms with van der Waals surface area (Å²) in [6.07, 6.45) is 0.0687. The van der Waals surface area contributed by atoms with Gasteiger partial charge in [0.2, 0.25) is 5.91 Å². The topological polar surface area (TPSA) is 89.0 Å². The van der Waals surface area contributed by atoms with E-state index in [-0.39, 0.29) is 12.3 Å². The van der Waals surface area contributed by atoms with Crippen molar-refractivity contribution in [2.45, 2.75) is 27.2 Å². The van der Waals surface area contributed by atoms with Gasteiger partial charge >= 0.3 is 0 Å². The summed E-state index contributed by atoms with van der Waals surface area (Å²) < 4.78 is 10.3. The van der Waals surface area contributed by atoms with Gasteiger partial charge in [0, 0.05) is 17.0 Å². The number of aryl methyl sites for hydroxylation is 2. The quantitative estimate of drug-likeness (QED) is 0.566. The average Bonchev–Trinajstić information content (AvgIpc) is 2.64. The lowest BCUT2D eigenvalue weighted by atomic mass is 10.1. The molecule has 7 heteroatoms. The first-order valence-corrected chi connectivity index (χ1v) is 8.76. The van der Waals surface area contributed by atoms with Gasteiger partial charge in [0.15, 0.2) is 11.5 Å². The van der Waals surface area contributed by atoms with Gasteiger partial charge in [0.05, 0.1) is 20.6 Å². The van der Waals surface area contributed by atoms with E-state index >= 15 is 0 Å². The highest BCUT2D eigenvalue weighted by Gasteiger charge is 2.11. The van der Waals surface area contributed by atoms with Gasteiger partial charge in [0.1, 0.15) is 0 Å². The third-order valence-electron chi connectivity index (χ3n) is 3.92. The maximum Gasteiger partial charge on any atom is 0.271 e. The molecule has 2 aromatic carbocycles. The third kappa shape index (κ3) is 5.84. The van der Waals surface area contributed by atoms with Gasteiger partial charge in [-0.2, -0.15) is 5.10 Å². The second kappa shape index (κ2) is 9.55. The fourth-order valence-corrected chi connectivity index (χ4v) is 2.71. The minimum Gasteiger partial charge on any atom is -0.493 e. The van der Waals surface area contributed by atoms with Crippen LogP contribution in [0.15, 0.2) is 41.5 Å². The van der Waals surface area contributed by atoms with Crippen LogP contribution in [0.4, 0.5) is 5.69 Å². The second-order valence-corrected chi connectivity index (χ2v) is 6.46. The standard InChI is InChI=1S/C21H25N3O4/c1-13-8-14(2)10-17(9-13)22-20(25)11-15(3)23-24-21(26)16-6-7-18(27-4)19(12-16)28-5/h6-10,12H,11H2,1-5H3,(H,22,25)(H,24,26)/b23-15-. The molecule has 0 aromatic heterocycles. The Morgan fingerprint density at radius 3 is 2.21 bits per heavy atom. The molecule has 0 unspecified atom stereocenters. The molecule has 0 heterocycles. The van der Waals surface area contributed by atoms with Crippen molar-refractivity contribution in [2.75, 3.05) is 19.5 Å². The minimum atomic E-state index is -0.407. The van der Waals surface area contributed by atoms with Crippen LogP contribution in [0.5, 0.6) is 11.5 Å². The van der Waals surface area contributed by atoms with Gasteiger partial charge in [-0.25, -0.2) is 5.43 Å². The number of hydrogen-bond donors (Lipinski definition) is 2. The average molecular weight is 383 g/mol. The van der Waals surface area contributed by atoms with Crippen molar-refractivity contribution in [3.8, 4) is 11.5 Å². The maximum atomic E-state index is 12.3. The van der Waals surface area contributed by atoms with Crippen molar-refractivity contribution < 1.29 is 19.1 Å². The highest BCUT2D eigenvalue weighted by Crippen LogP contribution is 2.27. The molecule has 2 amide bonds. The first-order valence-electron chi connectivity index (χ1n) is 8.76. The molecule has 0 aliphatic heterocycles. The monoisotopic (exact) mass is 383 g/mol. The smallest absolute Gasteiger partial charge is 0.271 e. The van der Waals surface area contributed by atoms with Crippen LogP contribution in [-0.4, -0.2) is 31.7 Å². The number of rotatable bonds is 7. The molecular formula is C21H25N3O4. The van der Waals surface area contributed by atoms with Crippen LogP contribution < -0.4 is 20.2 Å². The summed E-state index contributed by atoms with van der Waals surface area (Å²) in [5.74, 6) is 0.368. The maximum absolute atomic E-state index is 12.3. The predicted octanol–water partition coefficient (Wildman–Crippen LogP) is 3.46. The Kier molecular flexibility index (Phi) is 7.14. The highest BCUT2D eigenvalue weighted by atomic mass is 16.5. The zero-order valence-corrected chi connectivity index (χ0v) is 16.8. The number of carbonyl (C=O) groups is 2. The third-order valence-corrected chi connectivity index (χ3v) is 3.92.